The lowest BCUT2D eigenvalue weighted by atomic mass is 10.1. The van der Waals surface area contributed by atoms with Gasteiger partial charge in [0.05, 0.1) is 5.56 Å². The van der Waals surface area contributed by atoms with Crippen molar-refractivity contribution in [3.05, 3.63) is 35.7 Å². The normalized spacial score (nSPS) is 21.8. The average molecular weight is 244 g/mol. The number of hydrogen-bond donors (Lipinski definition) is 1. The lowest BCUT2D eigenvalue weighted by Crippen LogP contribution is -1.95. The summed E-state index contributed by atoms with van der Waals surface area (Å²) in [7, 11) is 0. The van der Waals surface area contributed by atoms with Gasteiger partial charge in [-0.05, 0) is 36.6 Å². The van der Waals surface area contributed by atoms with Gasteiger partial charge in [0.2, 0.25) is 0 Å². The van der Waals surface area contributed by atoms with E-state index >= 15 is 0 Å². The van der Waals surface area contributed by atoms with E-state index in [1.165, 1.54) is 12.1 Å². The number of nitrogens with zero attached hydrogens (tertiary/aromatic N) is 2. The molecular formula is C13H12N2O3. The van der Waals surface area contributed by atoms with Gasteiger partial charge in [0.25, 0.3) is 5.89 Å². The van der Waals surface area contributed by atoms with E-state index in [4.69, 9.17) is 9.63 Å². The van der Waals surface area contributed by atoms with Crippen molar-refractivity contribution in [2.45, 2.75) is 19.3 Å². The molecule has 1 aromatic carbocycles. The second kappa shape index (κ2) is 3.94. The Bertz CT molecular complexity index is 589. The van der Waals surface area contributed by atoms with Crippen molar-refractivity contribution in [3.8, 4) is 11.5 Å². The Hall–Kier alpha value is -2.17. The molecule has 2 atom stereocenters. The van der Waals surface area contributed by atoms with Gasteiger partial charge in [-0.15, -0.1) is 0 Å². The molecule has 18 heavy (non-hydrogen) atoms. The molecule has 2 aromatic rings. The van der Waals surface area contributed by atoms with E-state index in [1.807, 2.05) is 0 Å². The molecule has 1 N–H and O–H groups in total. The summed E-state index contributed by atoms with van der Waals surface area (Å²) in [5.41, 5.74) is 0.987. The quantitative estimate of drug-likeness (QED) is 0.897. The molecule has 2 unspecified atom stereocenters. The van der Waals surface area contributed by atoms with Crippen molar-refractivity contribution >= 4 is 5.97 Å². The number of hydrogen-bond acceptors (Lipinski definition) is 4. The number of benzene rings is 1. The van der Waals surface area contributed by atoms with Crippen LogP contribution in [-0.4, -0.2) is 21.2 Å². The van der Waals surface area contributed by atoms with E-state index in [0.29, 0.717) is 17.7 Å². The summed E-state index contributed by atoms with van der Waals surface area (Å²) >= 11 is 0. The lowest BCUT2D eigenvalue weighted by Gasteiger charge is -1.95. The van der Waals surface area contributed by atoms with Gasteiger partial charge in [0.15, 0.2) is 5.82 Å². The molecule has 92 valence electrons. The Morgan fingerprint density at radius 1 is 1.39 bits per heavy atom. The van der Waals surface area contributed by atoms with E-state index in [2.05, 4.69) is 17.1 Å². The molecule has 0 saturated heterocycles. The number of carbonyl (C=O) groups is 1. The van der Waals surface area contributed by atoms with E-state index in [-0.39, 0.29) is 5.56 Å². The molecule has 1 aliphatic rings. The van der Waals surface area contributed by atoms with E-state index in [9.17, 15) is 4.79 Å². The van der Waals surface area contributed by atoms with Crippen LogP contribution in [0.1, 0.15) is 35.4 Å². The number of carboxylic acids is 1. The number of aromatic nitrogens is 2. The molecule has 0 spiro atoms. The Balaban J connectivity index is 1.85. The van der Waals surface area contributed by atoms with Crippen LogP contribution in [0.3, 0.4) is 0 Å². The molecule has 0 amide bonds. The Morgan fingerprint density at radius 3 is 2.61 bits per heavy atom. The third kappa shape index (κ3) is 1.88. The third-order valence-electron chi connectivity index (χ3n) is 3.26. The lowest BCUT2D eigenvalue weighted by molar-refractivity contribution is 0.0697. The Kier molecular flexibility index (Phi) is 2.40. The van der Waals surface area contributed by atoms with Crippen molar-refractivity contribution < 1.29 is 14.4 Å². The molecule has 3 rings (SSSR count). The fraction of sp³-hybridized carbons (Fsp3) is 0.308. The molecule has 1 fully saturated rings. The van der Waals surface area contributed by atoms with Crippen LogP contribution < -0.4 is 0 Å². The molecule has 0 bridgehead atoms. The molecule has 0 radical (unpaired) electrons. The van der Waals surface area contributed by atoms with E-state index < -0.39 is 5.97 Å². The van der Waals surface area contributed by atoms with Crippen molar-refractivity contribution in [1.29, 1.82) is 0 Å². The summed E-state index contributed by atoms with van der Waals surface area (Å²) in [6, 6.07) is 6.41. The maximum absolute atomic E-state index is 10.7. The summed E-state index contributed by atoms with van der Waals surface area (Å²) in [4.78, 5) is 15.1. The highest BCUT2D eigenvalue weighted by Crippen LogP contribution is 2.45. The van der Waals surface area contributed by atoms with Crippen molar-refractivity contribution in [3.63, 3.8) is 0 Å². The monoisotopic (exact) mass is 244 g/mol. The Labute approximate surface area is 103 Å². The minimum atomic E-state index is -0.945. The molecule has 5 nitrogen and oxygen atoms in total. The van der Waals surface area contributed by atoms with Crippen molar-refractivity contribution in [1.82, 2.24) is 10.1 Å². The van der Waals surface area contributed by atoms with Crippen LogP contribution >= 0.6 is 0 Å². The highest BCUT2D eigenvalue weighted by Gasteiger charge is 2.38. The average Bonchev–Trinajstić information content (AvgIpc) is 2.92. The number of aromatic carboxylic acids is 1. The maximum atomic E-state index is 10.7. The maximum Gasteiger partial charge on any atom is 0.335 e. The summed E-state index contributed by atoms with van der Waals surface area (Å²) in [6.45, 7) is 2.16. The zero-order chi connectivity index (χ0) is 12.7. The first kappa shape index (κ1) is 11.0. The van der Waals surface area contributed by atoms with Crippen LogP contribution in [0, 0.1) is 5.92 Å². The standard InChI is InChI=1S/C13H12N2O3/c1-7-6-10(7)11-14-12(18-15-11)8-2-4-9(5-3-8)13(16)17/h2-5,7,10H,6H2,1H3,(H,16,17). The summed E-state index contributed by atoms with van der Waals surface area (Å²) in [6.07, 6.45) is 1.11. The molecule has 1 aromatic heterocycles. The zero-order valence-corrected chi connectivity index (χ0v) is 9.83. The van der Waals surface area contributed by atoms with Gasteiger partial charge >= 0.3 is 5.97 Å². The molecule has 1 saturated carbocycles. The van der Waals surface area contributed by atoms with E-state index in [1.54, 1.807) is 12.1 Å². The van der Waals surface area contributed by atoms with Crippen LogP contribution in [0.15, 0.2) is 28.8 Å². The van der Waals surface area contributed by atoms with Crippen LogP contribution in [0.4, 0.5) is 0 Å². The first-order valence-electron chi connectivity index (χ1n) is 5.82. The first-order valence-corrected chi connectivity index (χ1v) is 5.82. The van der Waals surface area contributed by atoms with Crippen LogP contribution in [-0.2, 0) is 0 Å². The van der Waals surface area contributed by atoms with Crippen molar-refractivity contribution in [2.24, 2.45) is 5.92 Å². The van der Waals surface area contributed by atoms with Crippen LogP contribution in [0.5, 0.6) is 0 Å². The number of rotatable bonds is 3. The zero-order valence-electron chi connectivity index (χ0n) is 9.83. The van der Waals surface area contributed by atoms with Gasteiger partial charge in [-0.1, -0.05) is 12.1 Å². The summed E-state index contributed by atoms with van der Waals surface area (Å²) < 4.78 is 5.19. The topological polar surface area (TPSA) is 76.2 Å². The van der Waals surface area contributed by atoms with Gasteiger partial charge in [0.1, 0.15) is 0 Å². The SMILES string of the molecule is CC1CC1c1noc(-c2ccc(C(=O)O)cc2)n1. The highest BCUT2D eigenvalue weighted by molar-refractivity contribution is 5.88. The Morgan fingerprint density at radius 2 is 2.06 bits per heavy atom. The predicted molar refractivity (Wildman–Crippen MR) is 63.2 cm³/mol. The highest BCUT2D eigenvalue weighted by atomic mass is 16.5. The number of carboxylic acid groups (broad SMARTS) is 1. The summed E-state index contributed by atoms with van der Waals surface area (Å²) in [5.74, 6) is 1.30. The molecule has 0 aliphatic heterocycles. The van der Waals surface area contributed by atoms with Crippen LogP contribution in [0.25, 0.3) is 11.5 Å². The van der Waals surface area contributed by atoms with Gasteiger partial charge < -0.3 is 9.63 Å². The first-order chi connectivity index (χ1) is 8.65. The van der Waals surface area contributed by atoms with Gasteiger partial charge in [-0.2, -0.15) is 4.98 Å². The van der Waals surface area contributed by atoms with E-state index in [0.717, 1.165) is 17.8 Å². The van der Waals surface area contributed by atoms with Crippen LogP contribution in [0.2, 0.25) is 0 Å². The molecule has 1 heterocycles. The predicted octanol–water partition coefficient (Wildman–Crippen LogP) is 2.56. The smallest absolute Gasteiger partial charge is 0.335 e. The molecule has 5 heteroatoms. The summed E-state index contributed by atoms with van der Waals surface area (Å²) in [5, 5.41) is 12.8. The fourth-order valence-corrected chi connectivity index (χ4v) is 1.94. The van der Waals surface area contributed by atoms with Gasteiger partial charge in [-0.25, -0.2) is 4.79 Å². The third-order valence-corrected chi connectivity index (χ3v) is 3.26. The minimum absolute atomic E-state index is 0.245. The second-order valence-electron chi connectivity index (χ2n) is 4.66. The minimum Gasteiger partial charge on any atom is -0.478 e. The second-order valence-corrected chi connectivity index (χ2v) is 4.66. The van der Waals surface area contributed by atoms with Crippen molar-refractivity contribution in [2.75, 3.05) is 0 Å². The molecule has 1 aliphatic carbocycles. The van der Waals surface area contributed by atoms with Gasteiger partial charge in [-0.3, -0.25) is 0 Å². The molecular weight excluding hydrogens is 232 g/mol. The fourth-order valence-electron chi connectivity index (χ4n) is 1.94. The van der Waals surface area contributed by atoms with Gasteiger partial charge in [0, 0.05) is 11.5 Å². The largest absolute Gasteiger partial charge is 0.478 e.